The van der Waals surface area contributed by atoms with E-state index in [0.29, 0.717) is 29.9 Å². The number of phenolic OH excluding ortho intramolecular Hbond substituents is 1. The molecule has 0 radical (unpaired) electrons. The molecule has 34 heavy (non-hydrogen) atoms. The Labute approximate surface area is 198 Å². The van der Waals surface area contributed by atoms with Gasteiger partial charge in [-0.25, -0.2) is 0 Å². The van der Waals surface area contributed by atoms with E-state index < -0.39 is 0 Å². The third-order valence-corrected chi connectivity index (χ3v) is 6.48. The zero-order valence-electron chi connectivity index (χ0n) is 19.5. The maximum Gasteiger partial charge on any atom is 0.273 e. The summed E-state index contributed by atoms with van der Waals surface area (Å²) in [5, 5.41) is 18.3. The Hall–Kier alpha value is -4.06. The number of rotatable bonds is 6. The highest BCUT2D eigenvalue weighted by molar-refractivity contribution is 6.00. The molecule has 0 bridgehead atoms. The first-order valence-corrected chi connectivity index (χ1v) is 11.4. The fraction of sp³-hybridized carbons (Fsp3) is 0.214. The minimum atomic E-state index is -0.295. The molecule has 3 aromatic carbocycles. The maximum absolute atomic E-state index is 13.5. The van der Waals surface area contributed by atoms with E-state index in [2.05, 4.69) is 10.2 Å². The van der Waals surface area contributed by atoms with Crippen molar-refractivity contribution in [1.29, 1.82) is 0 Å². The number of hydrogen-bond acceptors (Lipinski definition) is 4. The molecule has 4 aromatic rings. The summed E-state index contributed by atoms with van der Waals surface area (Å²) >= 11 is 0. The molecule has 1 aliphatic rings. The summed E-state index contributed by atoms with van der Waals surface area (Å²) in [7, 11) is 1.65. The molecule has 0 fully saturated rings. The molecule has 1 atom stereocenters. The number of aromatic amines is 1. The van der Waals surface area contributed by atoms with Crippen molar-refractivity contribution < 1.29 is 14.6 Å². The van der Waals surface area contributed by atoms with Gasteiger partial charge in [-0.2, -0.15) is 5.10 Å². The van der Waals surface area contributed by atoms with Crippen LogP contribution in [0.15, 0.2) is 66.7 Å². The minimum Gasteiger partial charge on any atom is -0.507 e. The second-order valence-corrected chi connectivity index (χ2v) is 8.75. The van der Waals surface area contributed by atoms with Crippen molar-refractivity contribution in [2.45, 2.75) is 26.3 Å². The van der Waals surface area contributed by atoms with Gasteiger partial charge in [-0.3, -0.25) is 9.89 Å². The first-order chi connectivity index (χ1) is 16.5. The lowest BCUT2D eigenvalue weighted by Crippen LogP contribution is -2.31. The molecule has 2 heterocycles. The van der Waals surface area contributed by atoms with Crippen LogP contribution in [-0.4, -0.2) is 39.8 Å². The average Bonchev–Trinajstić information content (AvgIpc) is 3.39. The number of hydrogen-bond donors (Lipinski definition) is 2. The number of ether oxygens (including phenoxy) is 1. The zero-order chi connectivity index (χ0) is 23.8. The third-order valence-electron chi connectivity index (χ3n) is 6.48. The van der Waals surface area contributed by atoms with E-state index in [0.717, 1.165) is 33.6 Å². The SMILES string of the molecule is COc1ccc(CCN2C(=O)c3[nH]nc(-c4cc(C)cc(C)c4O)c3[C@H]2c2ccccc2)cc1. The first kappa shape index (κ1) is 21.8. The number of phenols is 1. The number of carbonyl (C=O) groups is 1. The van der Waals surface area contributed by atoms with Crippen LogP contribution < -0.4 is 4.74 Å². The van der Waals surface area contributed by atoms with Gasteiger partial charge in [0.1, 0.15) is 22.9 Å². The van der Waals surface area contributed by atoms with E-state index in [9.17, 15) is 9.90 Å². The van der Waals surface area contributed by atoms with Crippen LogP contribution in [0.3, 0.4) is 0 Å². The number of aromatic nitrogens is 2. The summed E-state index contributed by atoms with van der Waals surface area (Å²) < 4.78 is 5.26. The topological polar surface area (TPSA) is 78.5 Å². The van der Waals surface area contributed by atoms with Gasteiger partial charge in [0.2, 0.25) is 0 Å². The minimum absolute atomic E-state index is 0.0834. The maximum atomic E-state index is 13.5. The molecule has 1 aliphatic heterocycles. The standard InChI is InChI=1S/C28H27N3O3/c1-17-15-18(2)27(32)22(16-17)24-23-25(30-29-24)28(33)31(26(23)20-7-5-4-6-8-20)14-13-19-9-11-21(34-3)12-10-19/h4-12,15-16,26,32H,13-14H2,1-3H3,(H,29,30)/t26-/m1/s1. The van der Waals surface area contributed by atoms with Crippen molar-refractivity contribution in [2.75, 3.05) is 13.7 Å². The van der Waals surface area contributed by atoms with Gasteiger partial charge in [0.25, 0.3) is 5.91 Å². The van der Waals surface area contributed by atoms with Crippen molar-refractivity contribution in [3.63, 3.8) is 0 Å². The van der Waals surface area contributed by atoms with E-state index >= 15 is 0 Å². The molecule has 1 amide bonds. The fourth-order valence-corrected chi connectivity index (χ4v) is 4.80. The Kier molecular flexibility index (Phi) is 5.57. The average molecular weight is 454 g/mol. The normalized spacial score (nSPS) is 15.0. The quantitative estimate of drug-likeness (QED) is 0.421. The largest absolute Gasteiger partial charge is 0.507 e. The number of aryl methyl sites for hydroxylation is 2. The molecular formula is C28H27N3O3. The van der Waals surface area contributed by atoms with Gasteiger partial charge >= 0.3 is 0 Å². The van der Waals surface area contributed by atoms with Crippen molar-refractivity contribution in [3.05, 3.63) is 100 Å². The van der Waals surface area contributed by atoms with Crippen LogP contribution in [0, 0.1) is 13.8 Å². The highest BCUT2D eigenvalue weighted by Crippen LogP contribution is 2.45. The van der Waals surface area contributed by atoms with Crippen LogP contribution in [0.5, 0.6) is 11.5 Å². The number of fused-ring (bicyclic) bond motifs is 1. The zero-order valence-corrected chi connectivity index (χ0v) is 19.5. The van der Waals surface area contributed by atoms with E-state index in [4.69, 9.17) is 4.74 Å². The molecule has 1 aromatic heterocycles. The summed E-state index contributed by atoms with van der Waals surface area (Å²) in [6.07, 6.45) is 0.709. The van der Waals surface area contributed by atoms with Crippen LogP contribution in [-0.2, 0) is 6.42 Å². The van der Waals surface area contributed by atoms with E-state index in [-0.39, 0.29) is 17.7 Å². The van der Waals surface area contributed by atoms with E-state index in [1.807, 2.05) is 85.5 Å². The Balaban J connectivity index is 1.56. The molecule has 0 saturated carbocycles. The Morgan fingerprint density at radius 3 is 2.50 bits per heavy atom. The van der Waals surface area contributed by atoms with E-state index in [1.54, 1.807) is 7.11 Å². The molecule has 0 saturated heterocycles. The van der Waals surface area contributed by atoms with Crippen molar-refractivity contribution >= 4 is 5.91 Å². The summed E-state index contributed by atoms with van der Waals surface area (Å²) in [5.74, 6) is 0.915. The molecule has 6 nitrogen and oxygen atoms in total. The van der Waals surface area contributed by atoms with Crippen molar-refractivity contribution in [3.8, 4) is 22.8 Å². The highest BCUT2D eigenvalue weighted by Gasteiger charge is 2.42. The van der Waals surface area contributed by atoms with Gasteiger partial charge < -0.3 is 14.7 Å². The second kappa shape index (κ2) is 8.71. The predicted molar refractivity (Wildman–Crippen MR) is 131 cm³/mol. The summed E-state index contributed by atoms with van der Waals surface area (Å²) in [5.41, 5.74) is 6.50. The third kappa shape index (κ3) is 3.71. The van der Waals surface area contributed by atoms with Crippen molar-refractivity contribution in [1.82, 2.24) is 15.1 Å². The van der Waals surface area contributed by atoms with E-state index in [1.165, 1.54) is 0 Å². The molecule has 172 valence electrons. The lowest BCUT2D eigenvalue weighted by Gasteiger charge is -2.26. The van der Waals surface area contributed by atoms with Gasteiger partial charge in [0.05, 0.1) is 13.2 Å². The second-order valence-electron chi connectivity index (χ2n) is 8.75. The Morgan fingerprint density at radius 2 is 1.79 bits per heavy atom. The molecule has 0 aliphatic carbocycles. The van der Waals surface area contributed by atoms with Crippen LogP contribution >= 0.6 is 0 Å². The fourth-order valence-electron chi connectivity index (χ4n) is 4.80. The van der Waals surface area contributed by atoms with Gasteiger partial charge in [0.15, 0.2) is 0 Å². The van der Waals surface area contributed by atoms with Crippen LogP contribution in [0.1, 0.15) is 44.3 Å². The molecule has 0 unspecified atom stereocenters. The number of nitrogens with one attached hydrogen (secondary N) is 1. The predicted octanol–water partition coefficient (Wildman–Crippen LogP) is 5.20. The van der Waals surface area contributed by atoms with Crippen molar-refractivity contribution in [2.24, 2.45) is 0 Å². The summed E-state index contributed by atoms with van der Waals surface area (Å²) in [6, 6.07) is 21.5. The number of carbonyl (C=O) groups excluding carboxylic acids is 1. The molecule has 5 rings (SSSR count). The van der Waals surface area contributed by atoms with Gasteiger partial charge in [0, 0.05) is 17.7 Å². The van der Waals surface area contributed by atoms with Gasteiger partial charge in [-0.15, -0.1) is 0 Å². The number of nitrogens with zero attached hydrogens (tertiary/aromatic N) is 2. The summed E-state index contributed by atoms with van der Waals surface area (Å²) in [4.78, 5) is 15.4. The molecule has 2 N–H and O–H groups in total. The van der Waals surface area contributed by atoms with Gasteiger partial charge in [-0.05, 0) is 60.7 Å². The Bertz CT molecular complexity index is 1340. The smallest absolute Gasteiger partial charge is 0.273 e. The lowest BCUT2D eigenvalue weighted by molar-refractivity contribution is 0.0746. The first-order valence-electron chi connectivity index (χ1n) is 11.4. The highest BCUT2D eigenvalue weighted by atomic mass is 16.5. The lowest BCUT2D eigenvalue weighted by atomic mass is 9.94. The number of methoxy groups -OCH3 is 1. The Morgan fingerprint density at radius 1 is 1.06 bits per heavy atom. The molecule has 0 spiro atoms. The number of amides is 1. The monoisotopic (exact) mass is 453 g/mol. The number of aromatic hydroxyl groups is 1. The van der Waals surface area contributed by atoms with Crippen LogP contribution in [0.4, 0.5) is 0 Å². The van der Waals surface area contributed by atoms with Gasteiger partial charge in [-0.1, -0.05) is 48.5 Å². The number of H-pyrrole nitrogens is 1. The molecular weight excluding hydrogens is 426 g/mol. The van der Waals surface area contributed by atoms with Crippen LogP contribution in [0.25, 0.3) is 11.3 Å². The number of benzene rings is 3. The molecule has 6 heteroatoms. The summed E-state index contributed by atoms with van der Waals surface area (Å²) in [6.45, 7) is 4.41. The van der Waals surface area contributed by atoms with Crippen LogP contribution in [0.2, 0.25) is 0 Å².